The Morgan fingerprint density at radius 1 is 1.22 bits per heavy atom. The van der Waals surface area contributed by atoms with Gasteiger partial charge in [-0.25, -0.2) is 8.78 Å². The van der Waals surface area contributed by atoms with E-state index < -0.39 is 28.5 Å². The molecule has 8 heteroatoms. The fourth-order valence-corrected chi connectivity index (χ4v) is 4.41. The van der Waals surface area contributed by atoms with E-state index in [1.165, 1.54) is 17.7 Å². The summed E-state index contributed by atoms with van der Waals surface area (Å²) in [4.78, 5) is 39.2. The van der Waals surface area contributed by atoms with Crippen LogP contribution < -0.4 is 10.5 Å². The van der Waals surface area contributed by atoms with Crippen molar-refractivity contribution in [1.29, 1.82) is 0 Å². The molecular formula is C24H26F2N2O4. The lowest BCUT2D eigenvalue weighted by Gasteiger charge is -2.22. The Kier molecular flexibility index (Phi) is 5.43. The number of carbonyl (C=O) groups excluding carboxylic acids is 2. The van der Waals surface area contributed by atoms with Crippen molar-refractivity contribution in [3.8, 4) is 0 Å². The molecule has 0 N–H and O–H groups in total. The van der Waals surface area contributed by atoms with Gasteiger partial charge >= 0.3 is 5.97 Å². The van der Waals surface area contributed by atoms with Gasteiger partial charge in [-0.3, -0.25) is 19.3 Å². The third-order valence-corrected chi connectivity index (χ3v) is 6.39. The van der Waals surface area contributed by atoms with E-state index in [4.69, 9.17) is 0 Å². The van der Waals surface area contributed by atoms with Crippen molar-refractivity contribution in [2.75, 3.05) is 12.0 Å². The standard InChI is InChI=1S/C24H26F2N2O4/c1-13-9-11-27(10-5-6-17(29)32-4)22(30)20(13)28-21-16(25)12-15(14-7-8-14)19(26)18(21)24(2,3)23(28)31/h9,11-12,14H,5-8,10H2,1-4H3. The maximum absolute atomic E-state index is 15.5. The van der Waals surface area contributed by atoms with Crippen LogP contribution in [0.2, 0.25) is 0 Å². The highest BCUT2D eigenvalue weighted by Gasteiger charge is 2.50. The highest BCUT2D eigenvalue weighted by Crippen LogP contribution is 2.51. The lowest BCUT2D eigenvalue weighted by Crippen LogP contribution is -2.38. The largest absolute Gasteiger partial charge is 0.469 e. The molecule has 2 aromatic rings. The topological polar surface area (TPSA) is 68.6 Å². The van der Waals surface area contributed by atoms with Gasteiger partial charge in [0.05, 0.1) is 18.2 Å². The number of halogens is 2. The Hall–Kier alpha value is -3.03. The molecule has 0 atom stereocenters. The lowest BCUT2D eigenvalue weighted by molar-refractivity contribution is -0.140. The Morgan fingerprint density at radius 3 is 2.53 bits per heavy atom. The minimum Gasteiger partial charge on any atom is -0.469 e. The number of hydrogen-bond acceptors (Lipinski definition) is 4. The van der Waals surface area contributed by atoms with E-state index in [0.29, 0.717) is 17.5 Å². The van der Waals surface area contributed by atoms with E-state index in [1.807, 2.05) is 0 Å². The summed E-state index contributed by atoms with van der Waals surface area (Å²) in [6.07, 6.45) is 3.65. The average molecular weight is 444 g/mol. The fourth-order valence-electron chi connectivity index (χ4n) is 4.41. The van der Waals surface area contributed by atoms with Crippen LogP contribution in [-0.4, -0.2) is 23.6 Å². The first-order valence-corrected chi connectivity index (χ1v) is 10.7. The quantitative estimate of drug-likeness (QED) is 0.626. The molecule has 1 aliphatic carbocycles. The van der Waals surface area contributed by atoms with Crippen LogP contribution in [0.25, 0.3) is 0 Å². The van der Waals surface area contributed by atoms with Crippen LogP contribution in [-0.2, 0) is 26.3 Å². The molecule has 0 radical (unpaired) electrons. The van der Waals surface area contributed by atoms with E-state index in [-0.39, 0.29) is 41.8 Å². The summed E-state index contributed by atoms with van der Waals surface area (Å²) < 4.78 is 36.8. The maximum Gasteiger partial charge on any atom is 0.305 e. The predicted molar refractivity (Wildman–Crippen MR) is 115 cm³/mol. The Bertz CT molecular complexity index is 1180. The first-order chi connectivity index (χ1) is 15.1. The Balaban J connectivity index is 1.83. The predicted octanol–water partition coefficient (Wildman–Crippen LogP) is 4.22. The molecule has 2 heterocycles. The number of nitrogens with zero attached hydrogens (tertiary/aromatic N) is 2. The Labute approximate surface area is 184 Å². The van der Waals surface area contributed by atoms with Gasteiger partial charge < -0.3 is 9.30 Å². The highest BCUT2D eigenvalue weighted by molar-refractivity contribution is 6.13. The molecule has 0 bridgehead atoms. The summed E-state index contributed by atoms with van der Waals surface area (Å²) in [6, 6.07) is 2.82. The lowest BCUT2D eigenvalue weighted by atomic mass is 9.84. The van der Waals surface area contributed by atoms with Crippen LogP contribution in [0.3, 0.4) is 0 Å². The van der Waals surface area contributed by atoms with Gasteiger partial charge in [0.1, 0.15) is 17.3 Å². The van der Waals surface area contributed by atoms with Crippen molar-refractivity contribution in [1.82, 2.24) is 4.57 Å². The van der Waals surface area contributed by atoms with E-state index in [9.17, 15) is 14.4 Å². The number of pyridine rings is 1. The van der Waals surface area contributed by atoms with Crippen LogP contribution in [0.1, 0.15) is 62.1 Å². The third kappa shape index (κ3) is 3.42. The summed E-state index contributed by atoms with van der Waals surface area (Å²) in [6.45, 7) is 4.98. The molecule has 1 amide bonds. The van der Waals surface area contributed by atoms with Gasteiger partial charge in [0.15, 0.2) is 0 Å². The number of rotatable bonds is 6. The SMILES string of the molecule is COC(=O)CCCn1ccc(C)c(N2C(=O)C(C)(C)c3c(F)c(C4CC4)cc(F)c32)c1=O. The normalized spacial score (nSPS) is 16.9. The molecule has 6 nitrogen and oxygen atoms in total. The summed E-state index contributed by atoms with van der Waals surface area (Å²) in [5, 5.41) is 0. The van der Waals surface area contributed by atoms with Crippen LogP contribution >= 0.6 is 0 Å². The second kappa shape index (κ2) is 7.83. The van der Waals surface area contributed by atoms with Crippen molar-refractivity contribution < 1.29 is 23.1 Å². The molecule has 32 heavy (non-hydrogen) atoms. The summed E-state index contributed by atoms with van der Waals surface area (Å²) in [5.74, 6) is -2.23. The van der Waals surface area contributed by atoms with Gasteiger partial charge in [-0.1, -0.05) is 0 Å². The zero-order valence-electron chi connectivity index (χ0n) is 18.6. The smallest absolute Gasteiger partial charge is 0.305 e. The van der Waals surface area contributed by atoms with E-state index >= 15 is 8.78 Å². The molecule has 1 saturated carbocycles. The minimum atomic E-state index is -1.32. The second-order valence-corrected chi connectivity index (χ2v) is 9.05. The van der Waals surface area contributed by atoms with Crippen LogP contribution in [0.15, 0.2) is 23.1 Å². The number of carbonyl (C=O) groups is 2. The van der Waals surface area contributed by atoms with Gasteiger partial charge in [-0.05, 0) is 69.2 Å². The number of methoxy groups -OCH3 is 1. The first-order valence-electron chi connectivity index (χ1n) is 10.7. The highest BCUT2D eigenvalue weighted by atomic mass is 19.1. The average Bonchev–Trinajstić information content (AvgIpc) is 3.55. The number of aromatic nitrogens is 1. The van der Waals surface area contributed by atoms with E-state index in [2.05, 4.69) is 4.74 Å². The van der Waals surface area contributed by atoms with Gasteiger partial charge in [-0.15, -0.1) is 0 Å². The molecule has 2 aliphatic rings. The minimum absolute atomic E-state index is 0.000125. The van der Waals surface area contributed by atoms with Crippen molar-refractivity contribution in [2.45, 2.75) is 64.3 Å². The molecule has 1 aromatic carbocycles. The number of ether oxygens (including phenoxy) is 1. The molecule has 1 aliphatic heterocycles. The summed E-state index contributed by atoms with van der Waals surface area (Å²) in [5.41, 5.74) is -1.23. The molecule has 1 fully saturated rings. The van der Waals surface area contributed by atoms with Gasteiger partial charge in [0.2, 0.25) is 5.91 Å². The van der Waals surface area contributed by atoms with Gasteiger partial charge in [0, 0.05) is 24.7 Å². The number of anilines is 2. The molecule has 170 valence electrons. The van der Waals surface area contributed by atoms with Crippen molar-refractivity contribution >= 4 is 23.3 Å². The third-order valence-electron chi connectivity index (χ3n) is 6.39. The molecule has 0 saturated heterocycles. The Morgan fingerprint density at radius 2 is 1.91 bits per heavy atom. The molecule has 4 rings (SSSR count). The van der Waals surface area contributed by atoms with Crippen molar-refractivity contribution in [2.24, 2.45) is 0 Å². The second-order valence-electron chi connectivity index (χ2n) is 9.05. The number of aryl methyl sites for hydroxylation is 2. The maximum atomic E-state index is 15.5. The van der Waals surface area contributed by atoms with Crippen molar-refractivity contribution in [3.05, 3.63) is 57.0 Å². The van der Waals surface area contributed by atoms with Crippen LogP contribution in [0.4, 0.5) is 20.2 Å². The number of benzene rings is 1. The molecule has 1 aromatic heterocycles. The molecule has 0 unspecified atom stereocenters. The fraction of sp³-hybridized carbons (Fsp3) is 0.458. The zero-order valence-corrected chi connectivity index (χ0v) is 18.6. The van der Waals surface area contributed by atoms with Crippen LogP contribution in [0.5, 0.6) is 0 Å². The summed E-state index contributed by atoms with van der Waals surface area (Å²) >= 11 is 0. The van der Waals surface area contributed by atoms with Crippen molar-refractivity contribution in [3.63, 3.8) is 0 Å². The number of fused-ring (bicyclic) bond motifs is 1. The number of amides is 1. The van der Waals surface area contributed by atoms with Gasteiger partial charge in [-0.2, -0.15) is 0 Å². The monoisotopic (exact) mass is 444 g/mol. The van der Waals surface area contributed by atoms with Gasteiger partial charge in [0.25, 0.3) is 5.56 Å². The summed E-state index contributed by atoms with van der Waals surface area (Å²) in [7, 11) is 1.29. The van der Waals surface area contributed by atoms with Crippen LogP contribution in [0, 0.1) is 18.6 Å². The van der Waals surface area contributed by atoms with E-state index in [0.717, 1.165) is 17.7 Å². The zero-order chi connectivity index (χ0) is 23.4. The molecular weight excluding hydrogens is 418 g/mol. The number of esters is 1. The number of hydrogen-bond donors (Lipinski definition) is 0. The molecule has 0 spiro atoms. The first kappa shape index (κ1) is 22.2. The van der Waals surface area contributed by atoms with E-state index in [1.54, 1.807) is 33.0 Å².